The number of carbonyl (C=O) groups excluding carboxylic acids is 2. The fraction of sp³-hybridized carbons (Fsp3) is 0.333. The number of carbonyl (C=O) groups is 2. The number of anilines is 1. The molecule has 2 aromatic rings. The molecule has 140 valence electrons. The molecule has 0 spiro atoms. The minimum absolute atomic E-state index is 0.216. The number of ether oxygens (including phenoxy) is 1. The van der Waals surface area contributed by atoms with Gasteiger partial charge in [0.25, 0.3) is 5.91 Å². The number of hydrogen-bond acceptors (Lipinski definition) is 5. The monoisotopic (exact) mass is 376 g/mol. The third kappa shape index (κ3) is 5.29. The highest BCUT2D eigenvalue weighted by atomic mass is 32.1. The third-order valence-corrected chi connectivity index (χ3v) is 5.08. The van der Waals surface area contributed by atoms with Gasteiger partial charge in [0.2, 0.25) is 0 Å². The molecule has 0 atom stereocenters. The van der Waals surface area contributed by atoms with Crippen LogP contribution in [0.4, 0.5) is 10.5 Å². The van der Waals surface area contributed by atoms with Crippen LogP contribution in [0.25, 0.3) is 10.4 Å². The highest BCUT2D eigenvalue weighted by Crippen LogP contribution is 2.34. The van der Waals surface area contributed by atoms with E-state index in [1.807, 2.05) is 38.1 Å². The van der Waals surface area contributed by atoms with Crippen LogP contribution in [0.3, 0.4) is 0 Å². The second-order valence-corrected chi connectivity index (χ2v) is 7.52. The summed E-state index contributed by atoms with van der Waals surface area (Å²) in [7, 11) is 1.69. The first-order valence-electron chi connectivity index (χ1n) is 8.07. The average molecular weight is 376 g/mol. The van der Waals surface area contributed by atoms with Crippen LogP contribution in [0.5, 0.6) is 0 Å². The molecule has 0 aliphatic rings. The van der Waals surface area contributed by atoms with E-state index in [9.17, 15) is 9.59 Å². The largest absolute Gasteiger partial charge is 0.377 e. The smallest absolute Gasteiger partial charge is 0.316 e. The van der Waals surface area contributed by atoms with E-state index in [2.05, 4.69) is 10.6 Å². The zero-order valence-corrected chi connectivity index (χ0v) is 15.9. The van der Waals surface area contributed by atoms with E-state index >= 15 is 0 Å². The number of benzene rings is 1. The highest BCUT2D eigenvalue weighted by Gasteiger charge is 2.17. The number of urea groups is 1. The van der Waals surface area contributed by atoms with Gasteiger partial charge in [-0.15, -0.1) is 11.3 Å². The fourth-order valence-corrected chi connectivity index (χ4v) is 3.28. The van der Waals surface area contributed by atoms with Crippen molar-refractivity contribution >= 4 is 29.0 Å². The van der Waals surface area contributed by atoms with E-state index in [1.54, 1.807) is 13.2 Å². The predicted molar refractivity (Wildman–Crippen MR) is 104 cm³/mol. The van der Waals surface area contributed by atoms with Crippen molar-refractivity contribution in [2.45, 2.75) is 26.0 Å². The van der Waals surface area contributed by atoms with Crippen LogP contribution in [0, 0.1) is 0 Å². The molecule has 0 saturated heterocycles. The molecule has 1 aromatic heterocycles. The number of primary amides is 2. The van der Waals surface area contributed by atoms with E-state index in [-0.39, 0.29) is 10.5 Å². The number of thiophene rings is 1. The van der Waals surface area contributed by atoms with Crippen molar-refractivity contribution in [3.05, 3.63) is 40.8 Å². The lowest BCUT2D eigenvalue weighted by Crippen LogP contribution is -2.36. The minimum Gasteiger partial charge on any atom is -0.377 e. The highest BCUT2D eigenvalue weighted by molar-refractivity contribution is 7.18. The van der Waals surface area contributed by atoms with Gasteiger partial charge in [-0.1, -0.05) is 24.3 Å². The van der Waals surface area contributed by atoms with Crippen molar-refractivity contribution in [2.24, 2.45) is 11.5 Å². The summed E-state index contributed by atoms with van der Waals surface area (Å²) in [6.45, 7) is 5.50. The van der Waals surface area contributed by atoms with Crippen LogP contribution in [-0.2, 0) is 11.3 Å². The first kappa shape index (κ1) is 19.9. The summed E-state index contributed by atoms with van der Waals surface area (Å²) >= 11 is 1.22. The van der Waals surface area contributed by atoms with Crippen LogP contribution in [0.1, 0.15) is 29.1 Å². The Bertz CT molecular complexity index is 784. The molecule has 0 radical (unpaired) electrons. The normalized spacial score (nSPS) is 11.3. The summed E-state index contributed by atoms with van der Waals surface area (Å²) in [5.41, 5.74) is 12.7. The number of methoxy groups -OCH3 is 1. The lowest BCUT2D eigenvalue weighted by atomic mass is 10.1. The summed E-state index contributed by atoms with van der Waals surface area (Å²) in [6.07, 6.45) is 0. The van der Waals surface area contributed by atoms with Gasteiger partial charge < -0.3 is 26.8 Å². The van der Waals surface area contributed by atoms with Crippen molar-refractivity contribution in [3.8, 4) is 10.4 Å². The zero-order valence-electron chi connectivity index (χ0n) is 15.1. The first-order valence-corrected chi connectivity index (χ1v) is 8.89. The lowest BCUT2D eigenvalue weighted by Gasteiger charge is -2.23. The molecular formula is C18H24N4O3S. The van der Waals surface area contributed by atoms with E-state index in [0.29, 0.717) is 5.69 Å². The Labute approximate surface area is 156 Å². The van der Waals surface area contributed by atoms with E-state index in [1.165, 1.54) is 11.3 Å². The molecule has 26 heavy (non-hydrogen) atoms. The lowest BCUT2D eigenvalue weighted by molar-refractivity contribution is 0.0230. The van der Waals surface area contributed by atoms with Gasteiger partial charge in [0, 0.05) is 25.1 Å². The standard InChI is InChI=1S/C18H24N4O3S/c1-18(2,25-3)10-21-9-11-4-6-12(7-5-11)14-8-13(22-17(20)24)15(26-14)16(19)23/h4-8,21H,9-10H2,1-3H3,(H2,19,23)(H3,20,22,24). The van der Waals surface area contributed by atoms with Crippen LogP contribution in [0.15, 0.2) is 30.3 Å². The zero-order chi connectivity index (χ0) is 19.3. The first-order chi connectivity index (χ1) is 12.2. The Morgan fingerprint density at radius 2 is 1.85 bits per heavy atom. The van der Waals surface area contributed by atoms with Crippen LogP contribution in [0.2, 0.25) is 0 Å². The van der Waals surface area contributed by atoms with Crippen molar-refractivity contribution in [1.82, 2.24) is 5.32 Å². The van der Waals surface area contributed by atoms with Crippen LogP contribution >= 0.6 is 11.3 Å². The van der Waals surface area contributed by atoms with Crippen molar-refractivity contribution in [3.63, 3.8) is 0 Å². The van der Waals surface area contributed by atoms with E-state index in [0.717, 1.165) is 29.1 Å². The molecule has 0 aliphatic heterocycles. The van der Waals surface area contributed by atoms with E-state index in [4.69, 9.17) is 16.2 Å². The molecule has 1 aromatic carbocycles. The Kier molecular flexibility index (Phi) is 6.36. The maximum Gasteiger partial charge on any atom is 0.316 e. The van der Waals surface area contributed by atoms with Gasteiger partial charge in [0.15, 0.2) is 0 Å². The van der Waals surface area contributed by atoms with Crippen molar-refractivity contribution in [1.29, 1.82) is 0 Å². The molecule has 0 fully saturated rings. The number of nitrogens with one attached hydrogen (secondary N) is 2. The molecule has 7 nitrogen and oxygen atoms in total. The molecule has 8 heteroatoms. The topological polar surface area (TPSA) is 119 Å². The number of hydrogen-bond donors (Lipinski definition) is 4. The quantitative estimate of drug-likeness (QED) is 0.566. The summed E-state index contributed by atoms with van der Waals surface area (Å²) in [4.78, 5) is 23.7. The minimum atomic E-state index is -0.739. The summed E-state index contributed by atoms with van der Waals surface area (Å²) in [6, 6.07) is 8.90. The summed E-state index contributed by atoms with van der Waals surface area (Å²) < 4.78 is 5.38. The van der Waals surface area contributed by atoms with Crippen molar-refractivity contribution < 1.29 is 14.3 Å². The summed E-state index contributed by atoms with van der Waals surface area (Å²) in [5, 5.41) is 5.79. The average Bonchev–Trinajstić information content (AvgIpc) is 2.98. The number of rotatable bonds is 8. The number of amides is 3. The van der Waals surface area contributed by atoms with Gasteiger partial charge >= 0.3 is 6.03 Å². The maximum absolute atomic E-state index is 11.5. The van der Waals surface area contributed by atoms with Gasteiger partial charge in [0.05, 0.1) is 11.3 Å². The van der Waals surface area contributed by atoms with Gasteiger partial charge in [0.1, 0.15) is 4.88 Å². The molecule has 6 N–H and O–H groups in total. The molecule has 0 saturated carbocycles. The number of nitrogens with two attached hydrogens (primary N) is 2. The molecule has 0 bridgehead atoms. The van der Waals surface area contributed by atoms with Gasteiger partial charge in [-0.25, -0.2) is 4.79 Å². The Balaban J connectivity index is 2.10. The van der Waals surface area contributed by atoms with Gasteiger partial charge in [-0.3, -0.25) is 4.79 Å². The molecule has 0 aliphatic carbocycles. The van der Waals surface area contributed by atoms with Crippen molar-refractivity contribution in [2.75, 3.05) is 19.0 Å². The second kappa shape index (κ2) is 8.31. The second-order valence-electron chi connectivity index (χ2n) is 6.47. The molecule has 1 heterocycles. The SMILES string of the molecule is COC(C)(C)CNCc1ccc(-c2cc(NC(N)=O)c(C(N)=O)s2)cc1. The third-order valence-electron chi connectivity index (χ3n) is 3.88. The van der Waals surface area contributed by atoms with Gasteiger partial charge in [-0.2, -0.15) is 0 Å². The summed E-state index contributed by atoms with van der Waals surface area (Å²) in [5.74, 6) is -0.605. The van der Waals surface area contributed by atoms with Crippen LogP contribution in [-0.4, -0.2) is 31.2 Å². The van der Waals surface area contributed by atoms with Gasteiger partial charge in [-0.05, 0) is 31.0 Å². The molecular weight excluding hydrogens is 352 g/mol. The maximum atomic E-state index is 11.5. The Hall–Kier alpha value is -2.42. The molecule has 0 unspecified atom stereocenters. The molecule has 2 rings (SSSR count). The Morgan fingerprint density at radius 1 is 1.19 bits per heavy atom. The van der Waals surface area contributed by atoms with Crippen LogP contribution < -0.4 is 22.1 Å². The predicted octanol–water partition coefficient (Wildman–Crippen LogP) is 2.52. The fourth-order valence-electron chi connectivity index (χ4n) is 2.31. The van der Waals surface area contributed by atoms with E-state index < -0.39 is 11.9 Å². The Morgan fingerprint density at radius 3 is 2.38 bits per heavy atom. The molecule has 3 amide bonds.